The van der Waals surface area contributed by atoms with Crippen molar-refractivity contribution in [3.05, 3.63) is 95.6 Å². The minimum atomic E-state index is -0.629. The van der Waals surface area contributed by atoms with Crippen LogP contribution in [0.2, 0.25) is 0 Å². The van der Waals surface area contributed by atoms with Gasteiger partial charge in [-0.15, -0.1) is 0 Å². The third kappa shape index (κ3) is 5.95. The summed E-state index contributed by atoms with van der Waals surface area (Å²) >= 11 is 0. The fraction of sp³-hybridized carbons (Fsp3) is 0.286. The maximum atomic E-state index is 13.5. The zero-order valence-electron chi connectivity index (χ0n) is 19.4. The number of rotatable bonds is 10. The molecule has 6 heteroatoms. The Morgan fingerprint density at radius 3 is 2.26 bits per heavy atom. The average Bonchev–Trinajstić information content (AvgIpc) is 3.34. The molecule has 3 aromatic carbocycles. The van der Waals surface area contributed by atoms with Gasteiger partial charge in [-0.3, -0.25) is 9.59 Å². The Bertz CT molecular complexity index is 1100. The first-order valence-corrected chi connectivity index (χ1v) is 11.7. The van der Waals surface area contributed by atoms with Crippen LogP contribution in [0.25, 0.3) is 0 Å². The Hall–Kier alpha value is -3.80. The maximum Gasteiger partial charge on any atom is 0.243 e. The van der Waals surface area contributed by atoms with Crippen LogP contribution in [-0.4, -0.2) is 29.5 Å². The molecule has 1 N–H and O–H groups in total. The van der Waals surface area contributed by atoms with Gasteiger partial charge in [-0.1, -0.05) is 73.7 Å². The minimum Gasteiger partial charge on any atom is -0.454 e. The van der Waals surface area contributed by atoms with Crippen molar-refractivity contribution < 1.29 is 19.1 Å². The van der Waals surface area contributed by atoms with Crippen LogP contribution in [0.1, 0.15) is 36.5 Å². The standard InChI is InChI=1S/C28H30N2O4/c1-2-9-27(31)30(19-22-12-7-4-8-13-22)24(16-21-10-5-3-6-11-21)28(32)29-18-23-14-15-25-26(17-23)34-20-33-25/h3-8,10-15,17,24H,2,9,16,18-20H2,1H3,(H,29,32)/t24-/m1/s1. The van der Waals surface area contributed by atoms with Gasteiger partial charge < -0.3 is 19.7 Å². The van der Waals surface area contributed by atoms with E-state index in [1.54, 1.807) is 4.90 Å². The summed E-state index contributed by atoms with van der Waals surface area (Å²) in [5, 5.41) is 3.04. The molecule has 1 heterocycles. The fourth-order valence-electron chi connectivity index (χ4n) is 4.05. The number of hydrogen-bond donors (Lipinski definition) is 1. The molecule has 3 aromatic rings. The second-order valence-corrected chi connectivity index (χ2v) is 8.37. The summed E-state index contributed by atoms with van der Waals surface area (Å²) < 4.78 is 10.8. The zero-order valence-corrected chi connectivity index (χ0v) is 19.4. The molecule has 0 saturated heterocycles. The lowest BCUT2D eigenvalue weighted by Gasteiger charge is -2.31. The van der Waals surface area contributed by atoms with E-state index in [0.29, 0.717) is 37.4 Å². The molecule has 0 aliphatic carbocycles. The van der Waals surface area contributed by atoms with Crippen LogP contribution in [0, 0.1) is 0 Å². The molecular formula is C28H30N2O4. The Labute approximate surface area is 200 Å². The summed E-state index contributed by atoms with van der Waals surface area (Å²) in [6.45, 7) is 2.90. The molecule has 1 atom stereocenters. The van der Waals surface area contributed by atoms with Crippen molar-refractivity contribution in [3.63, 3.8) is 0 Å². The maximum absolute atomic E-state index is 13.5. The highest BCUT2D eigenvalue weighted by Crippen LogP contribution is 2.32. The summed E-state index contributed by atoms with van der Waals surface area (Å²) in [5.74, 6) is 1.18. The smallest absolute Gasteiger partial charge is 0.243 e. The Morgan fingerprint density at radius 1 is 0.882 bits per heavy atom. The Kier molecular flexibility index (Phi) is 7.81. The second-order valence-electron chi connectivity index (χ2n) is 8.37. The van der Waals surface area contributed by atoms with Gasteiger partial charge in [0, 0.05) is 25.9 Å². The normalized spacial score (nSPS) is 12.7. The van der Waals surface area contributed by atoms with Gasteiger partial charge in [0.15, 0.2) is 11.5 Å². The van der Waals surface area contributed by atoms with E-state index >= 15 is 0 Å². The van der Waals surface area contributed by atoms with Crippen molar-refractivity contribution in [1.82, 2.24) is 10.2 Å². The monoisotopic (exact) mass is 458 g/mol. The number of fused-ring (bicyclic) bond motifs is 1. The number of amides is 2. The Morgan fingerprint density at radius 2 is 1.56 bits per heavy atom. The van der Waals surface area contributed by atoms with E-state index < -0.39 is 6.04 Å². The van der Waals surface area contributed by atoms with Crippen LogP contribution in [0.15, 0.2) is 78.9 Å². The third-order valence-electron chi connectivity index (χ3n) is 5.83. The van der Waals surface area contributed by atoms with E-state index in [1.807, 2.05) is 85.8 Å². The SMILES string of the molecule is CCCC(=O)N(Cc1ccccc1)[C@H](Cc1ccccc1)C(=O)NCc1ccc2c(c1)OCO2. The van der Waals surface area contributed by atoms with Crippen molar-refractivity contribution in [1.29, 1.82) is 0 Å². The van der Waals surface area contributed by atoms with E-state index in [1.165, 1.54) is 0 Å². The number of benzene rings is 3. The molecule has 0 spiro atoms. The van der Waals surface area contributed by atoms with Crippen LogP contribution in [0.5, 0.6) is 11.5 Å². The van der Waals surface area contributed by atoms with Crippen molar-refractivity contribution >= 4 is 11.8 Å². The zero-order chi connectivity index (χ0) is 23.8. The molecule has 2 amide bonds. The van der Waals surface area contributed by atoms with Crippen molar-refractivity contribution in [2.45, 2.75) is 45.3 Å². The number of nitrogens with one attached hydrogen (secondary N) is 1. The average molecular weight is 459 g/mol. The number of carbonyl (C=O) groups is 2. The molecule has 1 aliphatic heterocycles. The van der Waals surface area contributed by atoms with E-state index in [2.05, 4.69) is 5.32 Å². The molecule has 0 radical (unpaired) electrons. The molecular weight excluding hydrogens is 428 g/mol. The highest BCUT2D eigenvalue weighted by molar-refractivity contribution is 5.88. The molecule has 0 aromatic heterocycles. The lowest BCUT2D eigenvalue weighted by Crippen LogP contribution is -2.50. The number of nitrogens with zero attached hydrogens (tertiary/aromatic N) is 1. The van der Waals surface area contributed by atoms with E-state index in [4.69, 9.17) is 9.47 Å². The molecule has 1 aliphatic rings. The molecule has 34 heavy (non-hydrogen) atoms. The third-order valence-corrected chi connectivity index (χ3v) is 5.83. The lowest BCUT2D eigenvalue weighted by molar-refractivity contribution is -0.141. The van der Waals surface area contributed by atoms with E-state index in [9.17, 15) is 9.59 Å². The van der Waals surface area contributed by atoms with Gasteiger partial charge in [0.1, 0.15) is 6.04 Å². The predicted molar refractivity (Wildman–Crippen MR) is 130 cm³/mol. The Balaban J connectivity index is 1.56. The highest BCUT2D eigenvalue weighted by atomic mass is 16.7. The number of ether oxygens (including phenoxy) is 2. The summed E-state index contributed by atoms with van der Waals surface area (Å²) in [4.78, 5) is 28.5. The van der Waals surface area contributed by atoms with Gasteiger partial charge >= 0.3 is 0 Å². The van der Waals surface area contributed by atoms with Crippen LogP contribution in [0.3, 0.4) is 0 Å². The lowest BCUT2D eigenvalue weighted by atomic mass is 10.0. The van der Waals surface area contributed by atoms with Crippen LogP contribution < -0.4 is 14.8 Å². The van der Waals surface area contributed by atoms with Crippen LogP contribution in [0.4, 0.5) is 0 Å². The largest absolute Gasteiger partial charge is 0.454 e. The first kappa shape index (κ1) is 23.4. The van der Waals surface area contributed by atoms with Crippen molar-refractivity contribution in [2.75, 3.05) is 6.79 Å². The molecule has 4 rings (SSSR count). The van der Waals surface area contributed by atoms with Crippen LogP contribution >= 0.6 is 0 Å². The molecule has 0 saturated carbocycles. The van der Waals surface area contributed by atoms with Gasteiger partial charge in [0.05, 0.1) is 0 Å². The summed E-state index contributed by atoms with van der Waals surface area (Å²) in [5.41, 5.74) is 2.91. The molecule has 176 valence electrons. The van der Waals surface area contributed by atoms with Gasteiger partial charge in [-0.2, -0.15) is 0 Å². The number of hydrogen-bond acceptors (Lipinski definition) is 4. The van der Waals surface area contributed by atoms with Crippen molar-refractivity contribution in [3.8, 4) is 11.5 Å². The molecule has 0 bridgehead atoms. The molecule has 0 fully saturated rings. The van der Waals surface area contributed by atoms with Crippen LogP contribution in [-0.2, 0) is 29.1 Å². The first-order valence-electron chi connectivity index (χ1n) is 11.7. The fourth-order valence-corrected chi connectivity index (χ4v) is 4.05. The minimum absolute atomic E-state index is 0.0227. The topological polar surface area (TPSA) is 67.9 Å². The molecule has 0 unspecified atom stereocenters. The second kappa shape index (κ2) is 11.4. The quantitative estimate of drug-likeness (QED) is 0.487. The van der Waals surface area contributed by atoms with Gasteiger partial charge in [-0.05, 0) is 35.2 Å². The summed E-state index contributed by atoms with van der Waals surface area (Å²) in [6.07, 6.45) is 1.56. The predicted octanol–water partition coefficient (Wildman–Crippen LogP) is 4.47. The molecule has 6 nitrogen and oxygen atoms in total. The van der Waals surface area contributed by atoms with Gasteiger partial charge in [0.2, 0.25) is 18.6 Å². The summed E-state index contributed by atoms with van der Waals surface area (Å²) in [6, 6.07) is 24.6. The van der Waals surface area contributed by atoms with Crippen molar-refractivity contribution in [2.24, 2.45) is 0 Å². The first-order chi connectivity index (χ1) is 16.6. The van der Waals surface area contributed by atoms with Gasteiger partial charge in [0.25, 0.3) is 0 Å². The van der Waals surface area contributed by atoms with E-state index in [0.717, 1.165) is 23.1 Å². The van der Waals surface area contributed by atoms with E-state index in [-0.39, 0.29) is 18.6 Å². The highest BCUT2D eigenvalue weighted by Gasteiger charge is 2.30. The number of carbonyl (C=O) groups excluding carboxylic acids is 2. The summed E-state index contributed by atoms with van der Waals surface area (Å²) in [7, 11) is 0. The van der Waals surface area contributed by atoms with Gasteiger partial charge in [-0.25, -0.2) is 0 Å².